The SMILES string of the molecule is C/C=C/CCNC(=O)COc1c(C)cc(C)cc1C. The molecule has 104 valence electrons. The predicted octanol–water partition coefficient (Wildman–Crippen LogP) is 3.07. The first-order chi connectivity index (χ1) is 9.04. The Bertz CT molecular complexity index is 441. The largest absolute Gasteiger partial charge is 0.483 e. The summed E-state index contributed by atoms with van der Waals surface area (Å²) in [6.45, 7) is 8.74. The molecule has 0 aliphatic rings. The Balaban J connectivity index is 2.46. The fourth-order valence-electron chi connectivity index (χ4n) is 2.04. The highest BCUT2D eigenvalue weighted by Crippen LogP contribution is 2.24. The zero-order valence-corrected chi connectivity index (χ0v) is 12.2. The fourth-order valence-corrected chi connectivity index (χ4v) is 2.04. The van der Waals surface area contributed by atoms with Crippen LogP contribution in [-0.4, -0.2) is 19.1 Å². The molecule has 0 saturated heterocycles. The number of hydrogen-bond donors (Lipinski definition) is 1. The minimum absolute atomic E-state index is 0.0700. The number of carbonyl (C=O) groups is 1. The molecule has 19 heavy (non-hydrogen) atoms. The summed E-state index contributed by atoms with van der Waals surface area (Å²) < 4.78 is 5.61. The fraction of sp³-hybridized carbons (Fsp3) is 0.438. The van der Waals surface area contributed by atoms with E-state index in [0.29, 0.717) is 6.54 Å². The minimum atomic E-state index is -0.0797. The molecule has 0 spiro atoms. The zero-order valence-electron chi connectivity index (χ0n) is 12.2. The second-order valence-electron chi connectivity index (χ2n) is 4.72. The van der Waals surface area contributed by atoms with Gasteiger partial charge in [-0.05, 0) is 45.2 Å². The Labute approximate surface area is 115 Å². The van der Waals surface area contributed by atoms with Crippen molar-refractivity contribution in [1.29, 1.82) is 0 Å². The van der Waals surface area contributed by atoms with Crippen LogP contribution in [0.2, 0.25) is 0 Å². The average Bonchev–Trinajstić information content (AvgIpc) is 2.33. The van der Waals surface area contributed by atoms with Crippen LogP contribution >= 0.6 is 0 Å². The highest BCUT2D eigenvalue weighted by atomic mass is 16.5. The van der Waals surface area contributed by atoms with Gasteiger partial charge in [-0.3, -0.25) is 4.79 Å². The van der Waals surface area contributed by atoms with Crippen LogP contribution < -0.4 is 10.1 Å². The van der Waals surface area contributed by atoms with Crippen molar-refractivity contribution >= 4 is 5.91 Å². The molecule has 0 atom stereocenters. The Morgan fingerprint density at radius 3 is 2.47 bits per heavy atom. The molecule has 0 aromatic heterocycles. The van der Waals surface area contributed by atoms with Crippen molar-refractivity contribution in [2.45, 2.75) is 34.1 Å². The topological polar surface area (TPSA) is 38.3 Å². The van der Waals surface area contributed by atoms with Gasteiger partial charge in [0.2, 0.25) is 0 Å². The lowest BCUT2D eigenvalue weighted by molar-refractivity contribution is -0.123. The summed E-state index contributed by atoms with van der Waals surface area (Å²) in [6, 6.07) is 4.12. The van der Waals surface area contributed by atoms with Crippen molar-refractivity contribution in [1.82, 2.24) is 5.32 Å². The highest BCUT2D eigenvalue weighted by molar-refractivity contribution is 5.77. The summed E-state index contributed by atoms with van der Waals surface area (Å²) in [5, 5.41) is 2.82. The Hall–Kier alpha value is -1.77. The van der Waals surface area contributed by atoms with E-state index in [0.717, 1.165) is 23.3 Å². The summed E-state index contributed by atoms with van der Waals surface area (Å²) in [5.74, 6) is 0.734. The van der Waals surface area contributed by atoms with Gasteiger partial charge < -0.3 is 10.1 Å². The van der Waals surface area contributed by atoms with E-state index in [1.165, 1.54) is 5.56 Å². The van der Waals surface area contributed by atoms with Gasteiger partial charge in [-0.25, -0.2) is 0 Å². The van der Waals surface area contributed by atoms with Crippen molar-refractivity contribution < 1.29 is 9.53 Å². The lowest BCUT2D eigenvalue weighted by Crippen LogP contribution is -2.29. The maximum atomic E-state index is 11.6. The van der Waals surface area contributed by atoms with E-state index in [-0.39, 0.29) is 12.5 Å². The molecular formula is C16H23NO2. The maximum Gasteiger partial charge on any atom is 0.257 e. The summed E-state index contributed by atoms with van der Waals surface area (Å²) in [5.41, 5.74) is 3.34. The molecule has 0 saturated carbocycles. The molecule has 1 aromatic carbocycles. The Kier molecular flexibility index (Phi) is 6.13. The van der Waals surface area contributed by atoms with Crippen molar-refractivity contribution in [2.24, 2.45) is 0 Å². The number of amides is 1. The summed E-state index contributed by atoms with van der Waals surface area (Å²) >= 11 is 0. The monoisotopic (exact) mass is 261 g/mol. The lowest BCUT2D eigenvalue weighted by atomic mass is 10.1. The molecule has 3 nitrogen and oxygen atoms in total. The first-order valence-electron chi connectivity index (χ1n) is 6.63. The van der Waals surface area contributed by atoms with Crippen LogP contribution in [0.4, 0.5) is 0 Å². The van der Waals surface area contributed by atoms with Gasteiger partial charge in [0.25, 0.3) is 5.91 Å². The first kappa shape index (κ1) is 15.3. The lowest BCUT2D eigenvalue weighted by Gasteiger charge is -2.13. The number of carbonyl (C=O) groups excluding carboxylic acids is 1. The standard InChI is InChI=1S/C16H23NO2/c1-5-6-7-8-17-15(18)11-19-16-13(3)9-12(2)10-14(16)4/h5-6,9-10H,7-8,11H2,1-4H3,(H,17,18)/b6-5+. The summed E-state index contributed by atoms with van der Waals surface area (Å²) in [4.78, 5) is 11.6. The number of allylic oxidation sites excluding steroid dienone is 1. The van der Waals surface area contributed by atoms with E-state index >= 15 is 0 Å². The third-order valence-corrected chi connectivity index (χ3v) is 2.82. The normalized spacial score (nSPS) is 10.7. The van der Waals surface area contributed by atoms with Crippen LogP contribution in [0.15, 0.2) is 24.3 Å². The molecule has 1 aromatic rings. The molecule has 3 heteroatoms. The summed E-state index contributed by atoms with van der Waals surface area (Å²) in [7, 11) is 0. The highest BCUT2D eigenvalue weighted by Gasteiger charge is 2.07. The molecule has 0 radical (unpaired) electrons. The number of benzene rings is 1. The van der Waals surface area contributed by atoms with Crippen molar-refractivity contribution in [3.63, 3.8) is 0 Å². The zero-order chi connectivity index (χ0) is 14.3. The molecule has 0 fully saturated rings. The molecular weight excluding hydrogens is 238 g/mol. The van der Waals surface area contributed by atoms with E-state index < -0.39 is 0 Å². The predicted molar refractivity (Wildman–Crippen MR) is 78.6 cm³/mol. The van der Waals surface area contributed by atoms with Crippen LogP contribution in [0.25, 0.3) is 0 Å². The van der Waals surface area contributed by atoms with E-state index in [1.807, 2.05) is 32.9 Å². The third-order valence-electron chi connectivity index (χ3n) is 2.82. The molecule has 0 heterocycles. The number of nitrogens with one attached hydrogen (secondary N) is 1. The van der Waals surface area contributed by atoms with Crippen LogP contribution in [-0.2, 0) is 4.79 Å². The first-order valence-corrected chi connectivity index (χ1v) is 6.63. The Morgan fingerprint density at radius 1 is 1.26 bits per heavy atom. The van der Waals surface area contributed by atoms with Gasteiger partial charge in [0.1, 0.15) is 5.75 Å². The minimum Gasteiger partial charge on any atom is -0.483 e. The molecule has 0 aliphatic heterocycles. The number of ether oxygens (including phenoxy) is 1. The van der Waals surface area contributed by atoms with Crippen LogP contribution in [0, 0.1) is 20.8 Å². The second kappa shape index (κ2) is 7.62. The second-order valence-corrected chi connectivity index (χ2v) is 4.72. The quantitative estimate of drug-likeness (QED) is 0.631. The Morgan fingerprint density at radius 2 is 1.89 bits per heavy atom. The van der Waals surface area contributed by atoms with Gasteiger partial charge >= 0.3 is 0 Å². The molecule has 1 amide bonds. The van der Waals surface area contributed by atoms with Gasteiger partial charge in [0.05, 0.1) is 0 Å². The number of hydrogen-bond acceptors (Lipinski definition) is 2. The van der Waals surface area contributed by atoms with Gasteiger partial charge in [0, 0.05) is 6.54 Å². The number of rotatable bonds is 6. The van der Waals surface area contributed by atoms with E-state index in [9.17, 15) is 4.79 Å². The van der Waals surface area contributed by atoms with Gasteiger partial charge in [-0.15, -0.1) is 0 Å². The van der Waals surface area contributed by atoms with Crippen LogP contribution in [0.1, 0.15) is 30.0 Å². The van der Waals surface area contributed by atoms with Gasteiger partial charge in [-0.1, -0.05) is 29.8 Å². The maximum absolute atomic E-state index is 11.6. The van der Waals surface area contributed by atoms with E-state index in [4.69, 9.17) is 4.74 Å². The molecule has 1 N–H and O–H groups in total. The molecule has 0 aliphatic carbocycles. The summed E-state index contributed by atoms with van der Waals surface area (Å²) in [6.07, 6.45) is 4.85. The van der Waals surface area contributed by atoms with E-state index in [2.05, 4.69) is 24.4 Å². The van der Waals surface area contributed by atoms with Crippen LogP contribution in [0.5, 0.6) is 5.75 Å². The molecule has 1 rings (SSSR count). The molecule has 0 bridgehead atoms. The third kappa shape index (κ3) is 5.16. The van der Waals surface area contributed by atoms with Crippen molar-refractivity contribution in [2.75, 3.05) is 13.2 Å². The molecule has 0 unspecified atom stereocenters. The smallest absolute Gasteiger partial charge is 0.257 e. The van der Waals surface area contributed by atoms with Crippen LogP contribution in [0.3, 0.4) is 0 Å². The van der Waals surface area contributed by atoms with E-state index in [1.54, 1.807) is 0 Å². The average molecular weight is 261 g/mol. The van der Waals surface area contributed by atoms with Crippen molar-refractivity contribution in [3.05, 3.63) is 41.0 Å². The van der Waals surface area contributed by atoms with Gasteiger partial charge in [-0.2, -0.15) is 0 Å². The van der Waals surface area contributed by atoms with Gasteiger partial charge in [0.15, 0.2) is 6.61 Å². The number of aryl methyl sites for hydroxylation is 3. The van der Waals surface area contributed by atoms with Crippen molar-refractivity contribution in [3.8, 4) is 5.75 Å².